The number of benzene rings is 4. The molecule has 65 heavy (non-hydrogen) atoms. The Balaban J connectivity index is 0.000000190. The van der Waals surface area contributed by atoms with E-state index in [9.17, 15) is 0 Å². The normalized spacial score (nSPS) is 10.3. The van der Waals surface area contributed by atoms with Gasteiger partial charge in [0.25, 0.3) is 0 Å². The van der Waals surface area contributed by atoms with Crippen LogP contribution < -0.4 is 0 Å². The van der Waals surface area contributed by atoms with Crippen LogP contribution in [0.3, 0.4) is 0 Å². The summed E-state index contributed by atoms with van der Waals surface area (Å²) in [5, 5.41) is 45.9. The Kier molecular flexibility index (Phi) is 17.3. The number of hydrogen-bond acceptors (Lipinski definition) is 12. The number of nitriles is 2. The number of aromatic nitrogens is 10. The summed E-state index contributed by atoms with van der Waals surface area (Å²) in [5.74, 6) is 2.23. The van der Waals surface area contributed by atoms with Crippen LogP contribution in [0.1, 0.15) is 11.1 Å². The molecule has 314 valence electrons. The first-order valence-corrected chi connectivity index (χ1v) is 21.0. The van der Waals surface area contributed by atoms with Gasteiger partial charge < -0.3 is 0 Å². The van der Waals surface area contributed by atoms with E-state index in [-0.39, 0.29) is 17.1 Å². The summed E-state index contributed by atoms with van der Waals surface area (Å²) in [7, 11) is 0. The van der Waals surface area contributed by atoms with Crippen molar-refractivity contribution in [3.05, 3.63) is 194 Å². The van der Waals surface area contributed by atoms with Gasteiger partial charge in [0.2, 0.25) is 23.3 Å². The molecule has 0 aliphatic rings. The van der Waals surface area contributed by atoms with Crippen LogP contribution in [0.25, 0.3) is 67.6 Å². The van der Waals surface area contributed by atoms with Gasteiger partial charge in [0.15, 0.2) is 0 Å². The van der Waals surface area contributed by atoms with E-state index in [0.717, 1.165) is 32.7 Å². The van der Waals surface area contributed by atoms with E-state index in [1.807, 2.05) is 134 Å². The average Bonchev–Trinajstić information content (AvgIpc) is 3.99. The van der Waals surface area contributed by atoms with Crippen LogP contribution in [0.4, 0.5) is 0 Å². The van der Waals surface area contributed by atoms with Gasteiger partial charge >= 0.3 is 69.6 Å². The van der Waals surface area contributed by atoms with Gasteiger partial charge in [0.1, 0.15) is 22.8 Å². The predicted octanol–water partition coefficient (Wildman–Crippen LogP) is 8.14. The smallest absolute Gasteiger partial charge is 2.00 e. The van der Waals surface area contributed by atoms with Gasteiger partial charge in [0, 0.05) is 35.9 Å². The molecule has 0 unspecified atom stereocenters. The number of fused-ring (bicyclic) bond motifs is 2. The SMILES string of the molecule is C(=N\n1c(-c2ccccn2)nnc1-c1ccccn1)/c1cccc2ccccc12.C(=N\n1c(-c2ccccn2)nnc1-c1ccccn1)/c1cccc2ccccc12.N#C[Se-].N#C[Se-].[Fe+2]. The average molecular weight is 1020 g/mol. The van der Waals surface area contributed by atoms with Crippen molar-refractivity contribution in [3.8, 4) is 56.0 Å². The molecule has 6 heterocycles. The molecule has 0 amide bonds. The van der Waals surface area contributed by atoms with Gasteiger partial charge in [-0.25, -0.2) is 0 Å². The van der Waals surface area contributed by atoms with Crippen molar-refractivity contribution in [2.45, 2.75) is 0 Å². The molecule has 10 rings (SSSR count). The van der Waals surface area contributed by atoms with Crippen LogP contribution in [0.15, 0.2) is 193 Å². The van der Waals surface area contributed by atoms with Gasteiger partial charge in [-0.1, -0.05) is 109 Å². The molecular weight excluding hydrogens is 986 g/mol. The number of pyridine rings is 4. The third-order valence-electron chi connectivity index (χ3n) is 9.13. The van der Waals surface area contributed by atoms with Crippen LogP contribution >= 0.6 is 0 Å². The zero-order chi connectivity index (χ0) is 44.4. The van der Waals surface area contributed by atoms with E-state index in [2.05, 4.69) is 109 Å². The van der Waals surface area contributed by atoms with Crippen molar-refractivity contribution >= 4 is 66.0 Å². The van der Waals surface area contributed by atoms with Crippen molar-refractivity contribution in [1.29, 1.82) is 10.5 Å². The van der Waals surface area contributed by atoms with E-state index in [1.165, 1.54) is 0 Å². The summed E-state index contributed by atoms with van der Waals surface area (Å²) in [5.41, 5.74) is 4.79. The van der Waals surface area contributed by atoms with Crippen molar-refractivity contribution in [2.75, 3.05) is 0 Å². The molecule has 14 nitrogen and oxygen atoms in total. The summed E-state index contributed by atoms with van der Waals surface area (Å²) >= 11 is 4.22. The van der Waals surface area contributed by atoms with E-state index >= 15 is 0 Å². The van der Waals surface area contributed by atoms with E-state index in [0.29, 0.717) is 46.1 Å². The van der Waals surface area contributed by atoms with Crippen molar-refractivity contribution < 1.29 is 17.1 Å². The maximum absolute atomic E-state index is 7.26. The standard InChI is InChI=1S/2C23H16N6.2CHNSe.Fe/c2*1-2-11-19-17(8-1)9-7-10-18(19)16-26-29-22(20-12-3-5-14-24-20)27-28-23(29)21-13-4-6-15-25-21;2*2-1-3;/h2*1-16H;2*3H;/q;;;;+2/p-2/b2*26-16+;;;. The number of rotatable bonds is 8. The van der Waals surface area contributed by atoms with Crippen LogP contribution in [-0.2, 0) is 17.1 Å². The second-order valence-corrected chi connectivity index (χ2v) is 13.8. The topological polar surface area (TPSA) is 185 Å². The second-order valence-electron chi connectivity index (χ2n) is 13.0. The number of hydrogen-bond donors (Lipinski definition) is 0. The van der Waals surface area contributed by atoms with Crippen LogP contribution in [-0.4, -0.2) is 94.1 Å². The Hall–Kier alpha value is -7.84. The molecule has 0 bridgehead atoms. The molecule has 4 aromatic carbocycles. The molecule has 10 aromatic rings. The molecule has 0 spiro atoms. The Labute approximate surface area is 400 Å². The molecular formula is C48H32FeN14Se2. The maximum Gasteiger partial charge on any atom is 2.00 e. The minimum absolute atomic E-state index is 0. The first-order chi connectivity index (χ1) is 31.6. The third-order valence-corrected chi connectivity index (χ3v) is 9.13. The van der Waals surface area contributed by atoms with Crippen LogP contribution in [0, 0.1) is 20.5 Å². The molecule has 0 N–H and O–H groups in total. The zero-order valence-electron chi connectivity index (χ0n) is 33.9. The van der Waals surface area contributed by atoms with E-state index in [4.69, 9.17) is 20.7 Å². The molecule has 0 atom stereocenters. The quantitative estimate of drug-likeness (QED) is 0.106. The van der Waals surface area contributed by atoms with Crippen molar-refractivity contribution in [1.82, 2.24) is 49.7 Å². The summed E-state index contributed by atoms with van der Waals surface area (Å²) < 4.78 is 3.37. The van der Waals surface area contributed by atoms with Crippen LogP contribution in [0.2, 0.25) is 0 Å². The summed E-state index contributed by atoms with van der Waals surface area (Å²) in [4.78, 5) is 20.9. The van der Waals surface area contributed by atoms with Crippen LogP contribution in [0.5, 0.6) is 0 Å². The van der Waals surface area contributed by atoms with Gasteiger partial charge in [0.05, 0.1) is 12.4 Å². The summed E-state index contributed by atoms with van der Waals surface area (Å²) in [6, 6.07) is 51.4. The molecule has 0 aliphatic heterocycles. The Morgan fingerprint density at radius 1 is 0.400 bits per heavy atom. The second kappa shape index (κ2) is 24.1. The molecule has 17 heteroatoms. The Morgan fingerprint density at radius 3 is 0.969 bits per heavy atom. The molecule has 0 aliphatic carbocycles. The molecule has 0 saturated heterocycles. The zero-order valence-corrected chi connectivity index (χ0v) is 38.4. The molecule has 0 radical (unpaired) electrons. The van der Waals surface area contributed by atoms with E-state index in [1.54, 1.807) is 44.1 Å². The van der Waals surface area contributed by atoms with Gasteiger partial charge in [-0.2, -0.15) is 19.6 Å². The maximum atomic E-state index is 7.26. The minimum Gasteiger partial charge on any atom is 2.00 e. The first-order valence-electron chi connectivity index (χ1n) is 19.3. The third kappa shape index (κ3) is 11.8. The minimum atomic E-state index is 0. The largest absolute Gasteiger partial charge is 2.00 e. The predicted molar refractivity (Wildman–Crippen MR) is 250 cm³/mol. The summed E-state index contributed by atoms with van der Waals surface area (Å²) in [6.07, 6.45) is 10.5. The Morgan fingerprint density at radius 2 is 0.677 bits per heavy atom. The van der Waals surface area contributed by atoms with E-state index < -0.39 is 0 Å². The molecule has 6 aromatic heterocycles. The monoisotopic (exact) mass is 1020 g/mol. The van der Waals surface area contributed by atoms with Crippen molar-refractivity contribution in [3.63, 3.8) is 0 Å². The van der Waals surface area contributed by atoms with Gasteiger partial charge in [-0.15, -0.1) is 20.4 Å². The van der Waals surface area contributed by atoms with Gasteiger partial charge in [-0.05, 0) is 70.1 Å². The molecule has 0 saturated carbocycles. The van der Waals surface area contributed by atoms with Crippen molar-refractivity contribution in [2.24, 2.45) is 10.2 Å². The number of nitrogens with zero attached hydrogens (tertiary/aromatic N) is 14. The fourth-order valence-corrected chi connectivity index (χ4v) is 6.36. The fraction of sp³-hybridized carbons (Fsp3) is 0. The summed E-state index contributed by atoms with van der Waals surface area (Å²) in [6.45, 7) is 0. The first kappa shape index (κ1) is 46.7. The van der Waals surface area contributed by atoms with Gasteiger partial charge in [-0.3, -0.25) is 19.9 Å². The Bertz CT molecular complexity index is 2880. The molecule has 0 fully saturated rings. The fourth-order valence-electron chi connectivity index (χ4n) is 6.36.